The monoisotopic (exact) mass is 476 g/mol. The fraction of sp³-hybridized carbons (Fsp3) is 0.400. The molecule has 0 saturated carbocycles. The Balaban J connectivity index is 1.99. The molecule has 1 unspecified atom stereocenters. The normalized spacial score (nSPS) is 27.3. The highest BCUT2D eigenvalue weighted by atomic mass is 19.4. The summed E-state index contributed by atoms with van der Waals surface area (Å²) in [4.78, 5) is 35.9. The fourth-order valence-electron chi connectivity index (χ4n) is 3.73. The van der Waals surface area contributed by atoms with Crippen molar-refractivity contribution in [3.8, 4) is 5.75 Å². The van der Waals surface area contributed by atoms with Gasteiger partial charge in [-0.25, -0.2) is 4.39 Å². The minimum atomic E-state index is -4.89. The number of hydrogen-bond acceptors (Lipinski definition) is 5. The molecule has 3 N–H and O–H groups in total. The van der Waals surface area contributed by atoms with E-state index in [0.717, 1.165) is 38.5 Å². The van der Waals surface area contributed by atoms with Gasteiger partial charge in [-0.1, -0.05) is 6.07 Å². The van der Waals surface area contributed by atoms with Crippen molar-refractivity contribution in [1.82, 2.24) is 5.32 Å². The van der Waals surface area contributed by atoms with Crippen LogP contribution in [0.15, 0.2) is 36.2 Å². The number of amides is 2. The van der Waals surface area contributed by atoms with Gasteiger partial charge in [0.25, 0.3) is 11.8 Å². The molecule has 4 atom stereocenters. The van der Waals surface area contributed by atoms with Crippen molar-refractivity contribution in [1.29, 1.82) is 0 Å². The zero-order chi connectivity index (χ0) is 24.7. The van der Waals surface area contributed by atoms with Gasteiger partial charge in [-0.3, -0.25) is 9.59 Å². The standard InChI is InChI=1S/C20H18F5N3O5/c1-19(20(23,24)25)8-11(10-3-4-12(21)14(22)15(10)32-2)16(33-19)18(30)27-9-5-6-28(31)13(7-9)17(26)29/h3-7,11,13,16H,8H2,1-2H3,(H2-,26,27,29,30)/p+1/t11-,13+,16?,19-/m1/s1. The van der Waals surface area contributed by atoms with Crippen LogP contribution in [0.2, 0.25) is 0 Å². The molecule has 0 aromatic heterocycles. The maximum Gasteiger partial charge on any atom is 0.417 e. The van der Waals surface area contributed by atoms with E-state index in [1.54, 1.807) is 0 Å². The Hall–Kier alpha value is -3.35. The number of ether oxygens (including phenoxy) is 2. The molecular formula is C20H19F5N3O5+. The largest absolute Gasteiger partial charge is 0.493 e. The lowest BCUT2D eigenvalue weighted by Crippen LogP contribution is -2.45. The smallest absolute Gasteiger partial charge is 0.417 e. The van der Waals surface area contributed by atoms with Crippen molar-refractivity contribution >= 4 is 11.8 Å². The van der Waals surface area contributed by atoms with Crippen molar-refractivity contribution in [3.63, 3.8) is 0 Å². The third-order valence-corrected chi connectivity index (χ3v) is 5.48. The number of benzene rings is 1. The van der Waals surface area contributed by atoms with Gasteiger partial charge in [0.15, 0.2) is 17.2 Å². The second-order valence-electron chi connectivity index (χ2n) is 7.70. The zero-order valence-corrected chi connectivity index (χ0v) is 17.3. The van der Waals surface area contributed by atoms with Crippen molar-refractivity contribution < 1.29 is 45.8 Å². The molecule has 178 valence electrons. The summed E-state index contributed by atoms with van der Waals surface area (Å²) in [7, 11) is 1.01. The van der Waals surface area contributed by atoms with Gasteiger partial charge in [0.05, 0.1) is 12.8 Å². The number of alkyl halides is 3. The van der Waals surface area contributed by atoms with Crippen molar-refractivity contribution in [2.45, 2.75) is 43.2 Å². The van der Waals surface area contributed by atoms with Gasteiger partial charge in [-0.05, 0) is 19.4 Å². The van der Waals surface area contributed by atoms with E-state index in [4.69, 9.17) is 15.2 Å². The van der Waals surface area contributed by atoms with Crippen LogP contribution >= 0.6 is 0 Å². The number of methoxy groups -OCH3 is 1. The summed E-state index contributed by atoms with van der Waals surface area (Å²) in [6, 6.07) is 0.279. The maximum atomic E-state index is 14.2. The van der Waals surface area contributed by atoms with Crippen LogP contribution in [0.4, 0.5) is 22.0 Å². The summed E-state index contributed by atoms with van der Waals surface area (Å²) in [5, 5.41) is 2.28. The molecule has 13 heteroatoms. The van der Waals surface area contributed by atoms with E-state index >= 15 is 0 Å². The second-order valence-corrected chi connectivity index (χ2v) is 7.70. The van der Waals surface area contributed by atoms with E-state index in [-0.39, 0.29) is 16.0 Å². The zero-order valence-electron chi connectivity index (χ0n) is 17.3. The molecule has 2 amide bonds. The number of nitroso groups, excluding NO2 is 1. The summed E-state index contributed by atoms with van der Waals surface area (Å²) in [5.74, 6) is -6.83. The lowest BCUT2D eigenvalue weighted by Gasteiger charge is -2.27. The van der Waals surface area contributed by atoms with E-state index in [1.807, 2.05) is 0 Å². The molecule has 1 aromatic carbocycles. The summed E-state index contributed by atoms with van der Waals surface area (Å²) < 4.78 is 79.2. The number of allylic oxidation sites excluding steroid dienone is 1. The lowest BCUT2D eigenvalue weighted by atomic mass is 9.85. The molecule has 1 aromatic rings. The first-order valence-corrected chi connectivity index (χ1v) is 9.51. The SMILES string of the molecule is COc1c([C@H]2C[C@](C)(C(F)(F)F)OC2C(=O)NC2=C[C@@H](C(N)=O)[N+](=O)C=C2)ccc(F)c1F. The average molecular weight is 476 g/mol. The minimum Gasteiger partial charge on any atom is -0.493 e. The highest BCUT2D eigenvalue weighted by Crippen LogP contribution is 2.51. The summed E-state index contributed by atoms with van der Waals surface area (Å²) in [5.41, 5.74) is 2.04. The predicted octanol–water partition coefficient (Wildman–Crippen LogP) is 2.33. The lowest BCUT2D eigenvalue weighted by molar-refractivity contribution is -0.495. The second kappa shape index (κ2) is 8.54. The third-order valence-electron chi connectivity index (χ3n) is 5.48. The molecule has 8 nitrogen and oxygen atoms in total. The van der Waals surface area contributed by atoms with Gasteiger partial charge < -0.3 is 20.5 Å². The Bertz CT molecular complexity index is 1070. The van der Waals surface area contributed by atoms with Gasteiger partial charge in [-0.15, -0.1) is 0 Å². The maximum absolute atomic E-state index is 14.2. The average Bonchev–Trinajstić information content (AvgIpc) is 3.10. The Morgan fingerprint density at radius 1 is 1.30 bits per heavy atom. The van der Waals surface area contributed by atoms with Crippen LogP contribution in [-0.2, 0) is 14.3 Å². The quantitative estimate of drug-likeness (QED) is 0.501. The first-order valence-electron chi connectivity index (χ1n) is 9.51. The number of primary amides is 1. The number of rotatable bonds is 5. The van der Waals surface area contributed by atoms with Gasteiger partial charge in [0.2, 0.25) is 12.0 Å². The Labute approximate surface area is 183 Å². The van der Waals surface area contributed by atoms with Crippen LogP contribution in [0.5, 0.6) is 5.75 Å². The topological polar surface area (TPSA) is 111 Å². The van der Waals surface area contributed by atoms with Gasteiger partial charge in [-0.2, -0.15) is 17.6 Å². The first kappa shape index (κ1) is 24.3. The predicted molar refractivity (Wildman–Crippen MR) is 102 cm³/mol. The molecule has 1 fully saturated rings. The minimum absolute atomic E-state index is 0.0869. The Morgan fingerprint density at radius 2 is 1.97 bits per heavy atom. The Kier molecular flexibility index (Phi) is 6.29. The van der Waals surface area contributed by atoms with E-state index in [2.05, 4.69) is 5.32 Å². The Morgan fingerprint density at radius 3 is 2.55 bits per heavy atom. The van der Waals surface area contributed by atoms with Crippen LogP contribution in [0.25, 0.3) is 0 Å². The molecule has 3 rings (SSSR count). The highest BCUT2D eigenvalue weighted by Gasteiger charge is 2.61. The number of halogens is 5. The number of hydrogen-bond donors (Lipinski definition) is 2. The van der Waals surface area contributed by atoms with E-state index in [0.29, 0.717) is 6.07 Å². The van der Waals surface area contributed by atoms with E-state index in [1.165, 1.54) is 0 Å². The summed E-state index contributed by atoms with van der Waals surface area (Å²) in [6.07, 6.45) is -4.47. The van der Waals surface area contributed by atoms with Crippen molar-refractivity contribution in [3.05, 3.63) is 58.3 Å². The molecule has 33 heavy (non-hydrogen) atoms. The molecule has 0 spiro atoms. The van der Waals surface area contributed by atoms with Crippen LogP contribution in [-0.4, -0.2) is 47.6 Å². The van der Waals surface area contributed by atoms with Gasteiger partial charge >= 0.3 is 12.2 Å². The van der Waals surface area contributed by atoms with E-state index < -0.39 is 65.5 Å². The first-order chi connectivity index (χ1) is 15.3. The molecule has 0 radical (unpaired) electrons. The summed E-state index contributed by atoms with van der Waals surface area (Å²) >= 11 is 0. The molecule has 2 heterocycles. The van der Waals surface area contributed by atoms with Crippen LogP contribution < -0.4 is 15.8 Å². The van der Waals surface area contributed by atoms with Crippen molar-refractivity contribution in [2.24, 2.45) is 5.73 Å². The van der Waals surface area contributed by atoms with Crippen LogP contribution in [0.1, 0.15) is 24.8 Å². The van der Waals surface area contributed by atoms with Crippen LogP contribution in [0.3, 0.4) is 0 Å². The number of nitrogens with zero attached hydrogens (tertiary/aromatic N) is 1. The van der Waals surface area contributed by atoms with Gasteiger partial charge in [0.1, 0.15) is 6.10 Å². The number of carbonyl (C=O) groups is 2. The summed E-state index contributed by atoms with van der Waals surface area (Å²) in [6.45, 7) is 0.734. The molecular weight excluding hydrogens is 457 g/mol. The fourth-order valence-corrected chi connectivity index (χ4v) is 3.73. The molecule has 0 aliphatic carbocycles. The van der Waals surface area contributed by atoms with Crippen LogP contribution in [0, 0.1) is 16.5 Å². The van der Waals surface area contributed by atoms with E-state index in [9.17, 15) is 36.4 Å². The third kappa shape index (κ3) is 4.45. The molecule has 1 saturated heterocycles. The number of nitrogens with two attached hydrogens (primary N) is 1. The number of nitrogens with one attached hydrogen (secondary N) is 1. The molecule has 2 aliphatic rings. The number of carbonyl (C=O) groups excluding carboxylic acids is 2. The van der Waals surface area contributed by atoms with Gasteiger partial charge in [0, 0.05) is 33.3 Å². The van der Waals surface area contributed by atoms with Crippen molar-refractivity contribution in [2.75, 3.05) is 7.11 Å². The molecule has 2 aliphatic heterocycles. The highest BCUT2D eigenvalue weighted by molar-refractivity contribution is 5.86. The molecule has 0 bridgehead atoms.